The predicted molar refractivity (Wildman–Crippen MR) is 116 cm³/mol. The van der Waals surface area contributed by atoms with Gasteiger partial charge in [-0.1, -0.05) is 6.07 Å². The fourth-order valence-electron chi connectivity index (χ4n) is 5.01. The summed E-state index contributed by atoms with van der Waals surface area (Å²) in [5, 5.41) is 5.83. The van der Waals surface area contributed by atoms with Gasteiger partial charge in [-0.2, -0.15) is 5.10 Å². The minimum Gasteiger partial charge on any atom is -0.272 e. The van der Waals surface area contributed by atoms with Crippen LogP contribution in [0, 0.1) is 31.5 Å². The second-order valence-electron chi connectivity index (χ2n) is 9.08. The molecule has 0 radical (unpaired) electrons. The summed E-state index contributed by atoms with van der Waals surface area (Å²) in [5.74, 6) is 0.704. The van der Waals surface area contributed by atoms with Gasteiger partial charge in [-0.05, 0) is 75.1 Å². The van der Waals surface area contributed by atoms with Crippen molar-refractivity contribution in [2.24, 2.45) is 11.8 Å². The number of nitrogens with zero attached hydrogens (tertiary/aromatic N) is 5. The molecule has 1 atom stereocenters. The molecule has 32 heavy (non-hydrogen) atoms. The van der Waals surface area contributed by atoms with Crippen LogP contribution in [0.5, 0.6) is 0 Å². The second kappa shape index (κ2) is 8.58. The normalized spacial score (nSPS) is 23.7. The summed E-state index contributed by atoms with van der Waals surface area (Å²) < 4.78 is 15.9. The van der Waals surface area contributed by atoms with E-state index in [4.69, 9.17) is 4.84 Å². The zero-order valence-electron chi connectivity index (χ0n) is 18.5. The molecule has 2 aliphatic rings. The van der Waals surface area contributed by atoms with Gasteiger partial charge in [0, 0.05) is 30.4 Å². The van der Waals surface area contributed by atoms with Crippen molar-refractivity contribution in [1.82, 2.24) is 24.6 Å². The van der Waals surface area contributed by atoms with Crippen LogP contribution in [0.3, 0.4) is 0 Å². The smallest absolute Gasteiger partial charge is 0.249 e. The Hall–Kier alpha value is -2.87. The van der Waals surface area contributed by atoms with Gasteiger partial charge in [0.15, 0.2) is 11.5 Å². The Balaban J connectivity index is 1.21. The number of pyridine rings is 2. The van der Waals surface area contributed by atoms with Crippen LogP contribution in [0.1, 0.15) is 60.8 Å². The molecule has 1 saturated heterocycles. The number of fused-ring (bicyclic) bond motifs is 1. The van der Waals surface area contributed by atoms with Gasteiger partial charge in [-0.3, -0.25) is 14.6 Å². The lowest BCUT2D eigenvalue weighted by Crippen LogP contribution is -2.36. The largest absolute Gasteiger partial charge is 0.272 e. The van der Waals surface area contributed by atoms with E-state index in [-0.39, 0.29) is 29.3 Å². The molecule has 0 bridgehead atoms. The molecule has 0 unspecified atom stereocenters. The van der Waals surface area contributed by atoms with Crippen molar-refractivity contribution >= 4 is 11.6 Å². The zero-order chi connectivity index (χ0) is 22.2. The Morgan fingerprint density at radius 1 is 1.19 bits per heavy atom. The van der Waals surface area contributed by atoms with Gasteiger partial charge in [-0.25, -0.2) is 19.0 Å². The number of hydrogen-bond acceptors (Lipinski definition) is 5. The molecule has 7 nitrogen and oxygen atoms in total. The van der Waals surface area contributed by atoms with Crippen molar-refractivity contribution < 1.29 is 14.0 Å². The third-order valence-corrected chi connectivity index (χ3v) is 6.71. The fraction of sp³-hybridized carbons (Fsp3) is 0.500. The van der Waals surface area contributed by atoms with Gasteiger partial charge in [0.05, 0.1) is 12.6 Å². The molecule has 5 rings (SSSR count). The number of hydroxylamine groups is 2. The number of hydrogen-bond donors (Lipinski definition) is 0. The number of amides is 1. The highest BCUT2D eigenvalue weighted by atomic mass is 19.1. The molecule has 1 aliphatic carbocycles. The highest BCUT2D eigenvalue weighted by Crippen LogP contribution is 2.37. The van der Waals surface area contributed by atoms with Crippen molar-refractivity contribution in [3.63, 3.8) is 0 Å². The molecule has 168 valence electrons. The summed E-state index contributed by atoms with van der Waals surface area (Å²) in [6, 6.07) is 5.52. The van der Waals surface area contributed by atoms with Crippen LogP contribution >= 0.6 is 0 Å². The maximum atomic E-state index is 14.4. The quantitative estimate of drug-likeness (QED) is 0.614. The maximum absolute atomic E-state index is 14.4. The van der Waals surface area contributed by atoms with Gasteiger partial charge in [0.1, 0.15) is 5.82 Å². The van der Waals surface area contributed by atoms with Gasteiger partial charge < -0.3 is 0 Å². The molecule has 8 heteroatoms. The molecule has 2 fully saturated rings. The predicted octanol–water partition coefficient (Wildman–Crippen LogP) is 4.13. The summed E-state index contributed by atoms with van der Waals surface area (Å²) in [6.07, 6.45) is 8.83. The second-order valence-corrected chi connectivity index (χ2v) is 9.08. The first-order chi connectivity index (χ1) is 15.5. The van der Waals surface area contributed by atoms with E-state index in [1.807, 2.05) is 31.5 Å². The summed E-state index contributed by atoms with van der Waals surface area (Å²) in [6.45, 7) is 4.26. The number of rotatable bonds is 4. The summed E-state index contributed by atoms with van der Waals surface area (Å²) in [4.78, 5) is 27.5. The van der Waals surface area contributed by atoms with E-state index in [9.17, 15) is 9.18 Å². The average molecular weight is 438 g/mol. The van der Waals surface area contributed by atoms with Crippen LogP contribution in [-0.4, -0.2) is 37.2 Å². The molecule has 0 N–H and O–H groups in total. The molecule has 0 aromatic carbocycles. The lowest BCUT2D eigenvalue weighted by molar-refractivity contribution is -0.183. The van der Waals surface area contributed by atoms with E-state index in [0.29, 0.717) is 18.3 Å². The topological polar surface area (TPSA) is 72.6 Å². The van der Waals surface area contributed by atoms with Crippen molar-refractivity contribution in [2.75, 3.05) is 6.61 Å². The Labute approximate surface area is 186 Å². The lowest BCUT2D eigenvalue weighted by atomic mass is 9.79. The monoisotopic (exact) mass is 437 g/mol. The molecule has 1 saturated carbocycles. The van der Waals surface area contributed by atoms with Crippen LogP contribution < -0.4 is 0 Å². The Bertz CT molecular complexity index is 1120. The Morgan fingerprint density at radius 2 is 2.00 bits per heavy atom. The van der Waals surface area contributed by atoms with E-state index in [1.165, 1.54) is 4.52 Å². The number of carbonyl (C=O) groups is 1. The minimum atomic E-state index is -0.338. The number of aromatic nitrogens is 4. The summed E-state index contributed by atoms with van der Waals surface area (Å²) >= 11 is 0. The maximum Gasteiger partial charge on any atom is 0.249 e. The molecular weight excluding hydrogens is 409 g/mol. The zero-order valence-corrected chi connectivity index (χ0v) is 18.5. The number of aryl methyl sites for hydroxylation is 2. The van der Waals surface area contributed by atoms with Crippen molar-refractivity contribution in [3.8, 4) is 0 Å². The molecule has 4 heterocycles. The van der Waals surface area contributed by atoms with Crippen LogP contribution in [0.4, 0.5) is 4.39 Å². The molecule has 1 aliphatic heterocycles. The third kappa shape index (κ3) is 4.11. The lowest BCUT2D eigenvalue weighted by Gasteiger charge is -2.32. The molecule has 1 amide bonds. The first-order valence-corrected chi connectivity index (χ1v) is 11.4. The highest BCUT2D eigenvalue weighted by molar-refractivity contribution is 5.78. The van der Waals surface area contributed by atoms with E-state index in [2.05, 4.69) is 15.1 Å². The van der Waals surface area contributed by atoms with Crippen molar-refractivity contribution in [1.29, 1.82) is 0 Å². The van der Waals surface area contributed by atoms with Crippen LogP contribution in [0.25, 0.3) is 5.65 Å². The summed E-state index contributed by atoms with van der Waals surface area (Å²) in [5.41, 5.74) is 3.17. The Kier molecular flexibility index (Phi) is 5.63. The first-order valence-electron chi connectivity index (χ1n) is 11.4. The van der Waals surface area contributed by atoms with Crippen LogP contribution in [0.2, 0.25) is 0 Å². The van der Waals surface area contributed by atoms with E-state index < -0.39 is 0 Å². The third-order valence-electron chi connectivity index (χ3n) is 6.71. The average Bonchev–Trinajstić information content (AvgIpc) is 3.41. The molecule has 0 spiro atoms. The summed E-state index contributed by atoms with van der Waals surface area (Å²) in [7, 11) is 0. The molecular formula is C24H28FN5O2. The van der Waals surface area contributed by atoms with Crippen LogP contribution in [-0.2, 0) is 16.1 Å². The molecule has 3 aromatic heterocycles. The number of carbonyl (C=O) groups excluding carboxylic acids is 1. The van der Waals surface area contributed by atoms with Crippen molar-refractivity contribution in [2.45, 2.75) is 58.4 Å². The standard InChI is InChI=1S/C24H28FN5O2/c1-15-3-6-20(13-26-15)22-9-10-32-30(22)24(31)19-7-4-17(5-8-19)11-18-12-21(25)23-27-16(2)28-29(23)14-18/h3,6,12-14,17,19,22H,4-5,7-11H2,1-2H3/t17-,19-,22-/m0/s1. The van der Waals surface area contributed by atoms with Gasteiger partial charge >= 0.3 is 0 Å². The fourth-order valence-corrected chi connectivity index (χ4v) is 5.01. The van der Waals surface area contributed by atoms with Gasteiger partial charge in [0.25, 0.3) is 0 Å². The van der Waals surface area contributed by atoms with Gasteiger partial charge in [0.2, 0.25) is 5.91 Å². The minimum absolute atomic E-state index is 0.0255. The van der Waals surface area contributed by atoms with E-state index in [1.54, 1.807) is 18.1 Å². The SMILES string of the molecule is Cc1ccc([C@@H]2CCON2C(=O)[C@H]2CC[C@H](Cc3cc(F)c4nc(C)nn4c3)CC2)cn1. The van der Waals surface area contributed by atoms with Crippen molar-refractivity contribution in [3.05, 3.63) is 59.1 Å². The van der Waals surface area contributed by atoms with Crippen LogP contribution in [0.15, 0.2) is 30.6 Å². The van der Waals surface area contributed by atoms with Gasteiger partial charge in [-0.15, -0.1) is 0 Å². The van der Waals surface area contributed by atoms with E-state index >= 15 is 0 Å². The first kappa shape index (κ1) is 21.0. The number of halogens is 1. The molecule has 3 aromatic rings. The van der Waals surface area contributed by atoms with E-state index in [0.717, 1.165) is 55.3 Å². The highest BCUT2D eigenvalue weighted by Gasteiger charge is 2.37. The Morgan fingerprint density at radius 3 is 2.75 bits per heavy atom.